The summed E-state index contributed by atoms with van der Waals surface area (Å²) in [6.07, 6.45) is -1.75. The number of ether oxygens (including phenoxy) is 1. The first-order valence-corrected chi connectivity index (χ1v) is 6.26. The molecule has 1 nitrogen and oxygen atoms in total. The molecule has 0 aliphatic carbocycles. The summed E-state index contributed by atoms with van der Waals surface area (Å²) in [5.74, 6) is 0.447. The molecule has 2 aromatic rings. The van der Waals surface area contributed by atoms with Crippen molar-refractivity contribution in [3.63, 3.8) is 0 Å². The second-order valence-electron chi connectivity index (χ2n) is 4.11. The van der Waals surface area contributed by atoms with Crippen LogP contribution in [0.1, 0.15) is 11.1 Å². The van der Waals surface area contributed by atoms with Gasteiger partial charge in [-0.05, 0) is 35.7 Å². The molecule has 4 heteroatoms. The third kappa shape index (κ3) is 4.21. The lowest BCUT2D eigenvalue weighted by Crippen LogP contribution is -2.06. The molecule has 100 valence electrons. The summed E-state index contributed by atoms with van der Waals surface area (Å²) in [4.78, 5) is 0. The van der Waals surface area contributed by atoms with E-state index >= 15 is 0 Å². The van der Waals surface area contributed by atoms with Crippen LogP contribution in [0.3, 0.4) is 0 Å². The summed E-state index contributed by atoms with van der Waals surface area (Å²) >= 11 is 6.08. The molecule has 0 bridgehead atoms. The van der Waals surface area contributed by atoms with E-state index in [0.29, 0.717) is 12.2 Å². The molecule has 0 fully saturated rings. The first-order chi connectivity index (χ1) is 9.15. The highest BCUT2D eigenvalue weighted by molar-refractivity contribution is 6.31. The predicted molar refractivity (Wildman–Crippen MR) is 72.2 cm³/mol. The summed E-state index contributed by atoms with van der Waals surface area (Å²) in [5, 5.41) is 0.723. The molecule has 0 saturated carbocycles. The Morgan fingerprint density at radius 2 is 1.68 bits per heavy atom. The van der Waals surface area contributed by atoms with Crippen molar-refractivity contribution < 1.29 is 13.5 Å². The molecule has 0 aliphatic rings. The number of hydrogen-bond acceptors (Lipinski definition) is 1. The number of halogens is 3. The van der Waals surface area contributed by atoms with E-state index < -0.39 is 13.0 Å². The number of alkyl halides is 2. The number of hydrogen-bond donors (Lipinski definition) is 0. The summed E-state index contributed by atoms with van der Waals surface area (Å²) < 4.78 is 28.9. The van der Waals surface area contributed by atoms with Gasteiger partial charge >= 0.3 is 0 Å². The lowest BCUT2D eigenvalue weighted by molar-refractivity contribution is 0.0819. The van der Waals surface area contributed by atoms with Crippen LogP contribution in [0, 0.1) is 0 Å². The highest BCUT2D eigenvalue weighted by atomic mass is 35.5. The highest BCUT2D eigenvalue weighted by Gasteiger charge is 2.04. The first kappa shape index (κ1) is 13.8. The minimum atomic E-state index is -2.46. The zero-order valence-corrected chi connectivity index (χ0v) is 10.9. The molecule has 0 saturated heterocycles. The van der Waals surface area contributed by atoms with E-state index in [1.165, 1.54) is 0 Å². The maximum atomic E-state index is 12.0. The zero-order chi connectivity index (χ0) is 13.7. The van der Waals surface area contributed by atoms with Crippen molar-refractivity contribution in [1.29, 1.82) is 0 Å². The third-order valence-corrected chi connectivity index (χ3v) is 3.02. The molecule has 0 spiro atoms. The average molecular weight is 283 g/mol. The molecule has 0 unspecified atom stereocenters. The van der Waals surface area contributed by atoms with Gasteiger partial charge in [0.1, 0.15) is 12.4 Å². The monoisotopic (exact) mass is 282 g/mol. The van der Waals surface area contributed by atoms with Gasteiger partial charge in [0.05, 0.1) is 0 Å². The van der Waals surface area contributed by atoms with Crippen LogP contribution in [0.2, 0.25) is 5.02 Å². The molecule has 0 N–H and O–H groups in total. The Bertz CT molecular complexity index is 526. The average Bonchev–Trinajstić information content (AvgIpc) is 2.40. The molecule has 0 radical (unpaired) electrons. The van der Waals surface area contributed by atoms with Gasteiger partial charge in [0, 0.05) is 5.02 Å². The molecular weight excluding hydrogens is 270 g/mol. The molecule has 0 amide bonds. The van der Waals surface area contributed by atoms with Gasteiger partial charge in [0.2, 0.25) is 0 Å². The second-order valence-corrected chi connectivity index (χ2v) is 4.52. The summed E-state index contributed by atoms with van der Waals surface area (Å²) in [6, 6.07) is 14.7. The Morgan fingerprint density at radius 3 is 2.32 bits per heavy atom. The predicted octanol–water partition coefficient (Wildman–Crippen LogP) is 4.57. The number of rotatable bonds is 5. The van der Waals surface area contributed by atoms with Gasteiger partial charge < -0.3 is 4.74 Å². The van der Waals surface area contributed by atoms with E-state index in [1.807, 2.05) is 36.4 Å². The van der Waals surface area contributed by atoms with Crippen LogP contribution >= 0.6 is 11.6 Å². The molecule has 19 heavy (non-hydrogen) atoms. The lowest BCUT2D eigenvalue weighted by atomic mass is 10.1. The van der Waals surface area contributed by atoms with Crippen LogP contribution in [0.5, 0.6) is 5.75 Å². The van der Waals surface area contributed by atoms with Crippen LogP contribution in [0.15, 0.2) is 48.5 Å². The summed E-state index contributed by atoms with van der Waals surface area (Å²) in [7, 11) is 0. The lowest BCUT2D eigenvalue weighted by Gasteiger charge is -2.07. The van der Waals surface area contributed by atoms with Gasteiger partial charge in [0.25, 0.3) is 6.43 Å². The van der Waals surface area contributed by atoms with Crippen LogP contribution < -0.4 is 4.74 Å². The summed E-state index contributed by atoms with van der Waals surface area (Å²) in [5.41, 5.74) is 2.09. The first-order valence-electron chi connectivity index (χ1n) is 5.88. The minimum absolute atomic E-state index is 0.447. The Balaban J connectivity index is 2.01. The van der Waals surface area contributed by atoms with Crippen LogP contribution in [-0.2, 0) is 6.42 Å². The standard InChI is InChI=1S/C15H13ClF2O/c16-14-4-2-1-3-12(14)9-11-5-7-13(8-6-11)19-10-15(17)18/h1-8,15H,9-10H2. The van der Waals surface area contributed by atoms with E-state index in [1.54, 1.807) is 12.1 Å². The fourth-order valence-electron chi connectivity index (χ4n) is 1.72. The van der Waals surface area contributed by atoms with Crippen molar-refractivity contribution in [3.8, 4) is 5.75 Å². The van der Waals surface area contributed by atoms with Gasteiger partial charge in [-0.3, -0.25) is 0 Å². The van der Waals surface area contributed by atoms with Crippen molar-refractivity contribution in [1.82, 2.24) is 0 Å². The normalized spacial score (nSPS) is 10.7. The van der Waals surface area contributed by atoms with E-state index in [9.17, 15) is 8.78 Å². The molecule has 0 atom stereocenters. The summed E-state index contributed by atoms with van der Waals surface area (Å²) in [6.45, 7) is -0.580. The van der Waals surface area contributed by atoms with Crippen molar-refractivity contribution in [2.75, 3.05) is 6.61 Å². The Morgan fingerprint density at radius 1 is 1.00 bits per heavy atom. The molecule has 0 aromatic heterocycles. The fourth-order valence-corrected chi connectivity index (χ4v) is 1.93. The topological polar surface area (TPSA) is 9.23 Å². The van der Waals surface area contributed by atoms with Crippen molar-refractivity contribution in [2.24, 2.45) is 0 Å². The Labute approximate surface area is 115 Å². The molecule has 0 heterocycles. The second kappa shape index (κ2) is 6.53. The van der Waals surface area contributed by atoms with E-state index in [0.717, 1.165) is 16.1 Å². The molecule has 2 aromatic carbocycles. The zero-order valence-electron chi connectivity index (χ0n) is 10.2. The Kier molecular flexibility index (Phi) is 4.74. The quantitative estimate of drug-likeness (QED) is 0.780. The van der Waals surface area contributed by atoms with Gasteiger partial charge in [-0.15, -0.1) is 0 Å². The maximum absolute atomic E-state index is 12.0. The largest absolute Gasteiger partial charge is 0.488 e. The van der Waals surface area contributed by atoms with E-state index in [2.05, 4.69) is 0 Å². The van der Waals surface area contributed by atoms with Crippen LogP contribution in [0.4, 0.5) is 8.78 Å². The van der Waals surface area contributed by atoms with Crippen LogP contribution in [0.25, 0.3) is 0 Å². The molecular formula is C15H13ClF2O. The molecule has 2 rings (SSSR count). The Hall–Kier alpha value is -1.61. The van der Waals surface area contributed by atoms with Gasteiger partial charge in [-0.2, -0.15) is 0 Å². The highest BCUT2D eigenvalue weighted by Crippen LogP contribution is 2.20. The smallest absolute Gasteiger partial charge is 0.272 e. The van der Waals surface area contributed by atoms with Gasteiger partial charge in [-0.1, -0.05) is 41.9 Å². The SMILES string of the molecule is FC(F)COc1ccc(Cc2ccccc2Cl)cc1. The number of benzene rings is 2. The van der Waals surface area contributed by atoms with Crippen molar-refractivity contribution >= 4 is 11.6 Å². The fraction of sp³-hybridized carbons (Fsp3) is 0.200. The van der Waals surface area contributed by atoms with Gasteiger partial charge in [-0.25, -0.2) is 8.78 Å². The van der Waals surface area contributed by atoms with Gasteiger partial charge in [0.15, 0.2) is 0 Å². The van der Waals surface area contributed by atoms with Crippen molar-refractivity contribution in [3.05, 3.63) is 64.7 Å². The van der Waals surface area contributed by atoms with Crippen molar-refractivity contribution in [2.45, 2.75) is 12.8 Å². The van der Waals surface area contributed by atoms with Crippen LogP contribution in [-0.4, -0.2) is 13.0 Å². The third-order valence-electron chi connectivity index (χ3n) is 2.65. The maximum Gasteiger partial charge on any atom is 0.272 e. The van der Waals surface area contributed by atoms with E-state index in [-0.39, 0.29) is 0 Å². The minimum Gasteiger partial charge on any atom is -0.488 e. The van der Waals surface area contributed by atoms with E-state index in [4.69, 9.17) is 16.3 Å². The molecule has 0 aliphatic heterocycles.